The molecule has 0 aliphatic heterocycles. The van der Waals surface area contributed by atoms with Crippen LogP contribution in [-0.4, -0.2) is 36.5 Å². The van der Waals surface area contributed by atoms with E-state index in [1.54, 1.807) is 0 Å². The first kappa shape index (κ1) is 16.0. The van der Waals surface area contributed by atoms with Crippen LogP contribution >= 0.6 is 12.6 Å². The number of carbonyl (C=O) groups is 1. The van der Waals surface area contributed by atoms with Gasteiger partial charge in [0.25, 0.3) is 5.91 Å². The van der Waals surface area contributed by atoms with Gasteiger partial charge in [-0.1, -0.05) is 13.8 Å². The molecule has 0 aromatic heterocycles. The third-order valence-electron chi connectivity index (χ3n) is 3.01. The van der Waals surface area contributed by atoms with Crippen molar-refractivity contribution in [1.82, 2.24) is 10.2 Å². The zero-order valence-corrected chi connectivity index (χ0v) is 12.5. The monoisotopic (exact) mass is 284 g/mol. The lowest BCUT2D eigenvalue weighted by Gasteiger charge is -2.23. The van der Waals surface area contributed by atoms with E-state index in [2.05, 4.69) is 36.7 Å². The highest BCUT2D eigenvalue weighted by atomic mass is 32.1. The van der Waals surface area contributed by atoms with Gasteiger partial charge in [0.2, 0.25) is 0 Å². The Kier molecular flexibility index (Phi) is 6.31. The average molecular weight is 284 g/mol. The van der Waals surface area contributed by atoms with E-state index >= 15 is 0 Å². The third-order valence-corrected chi connectivity index (χ3v) is 3.36. The molecule has 1 unspecified atom stereocenters. The number of nitrogens with zero attached hydrogens (tertiary/aromatic N) is 1. The molecule has 0 aliphatic rings. The van der Waals surface area contributed by atoms with Crippen molar-refractivity contribution in [1.29, 1.82) is 0 Å². The molecule has 0 fully saturated rings. The predicted octanol–water partition coefficient (Wildman–Crippen LogP) is 2.57. The molecule has 1 amide bonds. The van der Waals surface area contributed by atoms with Gasteiger partial charge in [-0.15, -0.1) is 12.6 Å². The van der Waals surface area contributed by atoms with Gasteiger partial charge in [0, 0.05) is 23.0 Å². The topological polar surface area (TPSA) is 32.3 Å². The summed E-state index contributed by atoms with van der Waals surface area (Å²) in [6.45, 7) is 8.84. The van der Waals surface area contributed by atoms with E-state index in [0.29, 0.717) is 5.56 Å². The average Bonchev–Trinajstić information content (AvgIpc) is 2.38. The lowest BCUT2D eigenvalue weighted by molar-refractivity contribution is 0.0930. The predicted molar refractivity (Wildman–Crippen MR) is 78.4 cm³/mol. The fourth-order valence-corrected chi connectivity index (χ4v) is 2.09. The van der Waals surface area contributed by atoms with Crippen LogP contribution in [0.15, 0.2) is 23.1 Å². The number of hydrogen-bond donors (Lipinski definition) is 2. The number of likely N-dealkylation sites (N-methyl/N-ethyl adjacent to an activating group) is 1. The van der Waals surface area contributed by atoms with Crippen LogP contribution in [0.4, 0.5) is 4.39 Å². The Hall–Kier alpha value is -1.07. The fourth-order valence-electron chi connectivity index (χ4n) is 1.88. The molecule has 19 heavy (non-hydrogen) atoms. The van der Waals surface area contributed by atoms with Crippen molar-refractivity contribution >= 4 is 18.5 Å². The molecular weight excluding hydrogens is 263 g/mol. The molecule has 0 heterocycles. The SMILES string of the molecule is CCN(CC)CC(C)NC(=O)c1ccc(F)c(S)c1. The van der Waals surface area contributed by atoms with E-state index in [1.807, 2.05) is 6.92 Å². The summed E-state index contributed by atoms with van der Waals surface area (Å²) in [7, 11) is 0. The van der Waals surface area contributed by atoms with Crippen molar-refractivity contribution in [2.75, 3.05) is 19.6 Å². The van der Waals surface area contributed by atoms with Crippen molar-refractivity contribution < 1.29 is 9.18 Å². The number of halogens is 1. The van der Waals surface area contributed by atoms with Crippen LogP contribution in [-0.2, 0) is 0 Å². The van der Waals surface area contributed by atoms with Crippen molar-refractivity contribution in [2.24, 2.45) is 0 Å². The number of nitrogens with one attached hydrogen (secondary N) is 1. The summed E-state index contributed by atoms with van der Waals surface area (Å²) >= 11 is 3.98. The van der Waals surface area contributed by atoms with Crippen LogP contribution < -0.4 is 5.32 Å². The minimum atomic E-state index is -0.420. The molecule has 1 aromatic carbocycles. The Bertz CT molecular complexity index is 435. The summed E-state index contributed by atoms with van der Waals surface area (Å²) in [5.41, 5.74) is 0.429. The molecule has 5 heteroatoms. The summed E-state index contributed by atoms with van der Waals surface area (Å²) in [6.07, 6.45) is 0. The number of amides is 1. The van der Waals surface area contributed by atoms with Gasteiger partial charge in [-0.3, -0.25) is 4.79 Å². The highest BCUT2D eigenvalue weighted by Crippen LogP contribution is 2.14. The molecule has 0 bridgehead atoms. The largest absolute Gasteiger partial charge is 0.348 e. The summed E-state index contributed by atoms with van der Waals surface area (Å²) in [6, 6.07) is 4.21. The van der Waals surface area contributed by atoms with Crippen molar-refractivity contribution in [3.05, 3.63) is 29.6 Å². The molecular formula is C14H21FN2OS. The van der Waals surface area contributed by atoms with Gasteiger partial charge in [0.15, 0.2) is 0 Å². The summed E-state index contributed by atoms with van der Waals surface area (Å²) < 4.78 is 13.1. The van der Waals surface area contributed by atoms with Crippen molar-refractivity contribution in [2.45, 2.75) is 31.7 Å². The lowest BCUT2D eigenvalue weighted by atomic mass is 10.2. The lowest BCUT2D eigenvalue weighted by Crippen LogP contribution is -2.41. The van der Waals surface area contributed by atoms with Gasteiger partial charge < -0.3 is 10.2 Å². The quantitative estimate of drug-likeness (QED) is 0.787. The normalized spacial score (nSPS) is 12.5. The van der Waals surface area contributed by atoms with E-state index in [9.17, 15) is 9.18 Å². The van der Waals surface area contributed by atoms with Crippen LogP contribution in [0.3, 0.4) is 0 Å². The Morgan fingerprint density at radius 3 is 2.58 bits per heavy atom. The molecule has 106 valence electrons. The standard InChI is InChI=1S/C14H21FN2OS/c1-4-17(5-2)9-10(3)16-14(18)11-6-7-12(15)13(19)8-11/h6-8,10,19H,4-5,9H2,1-3H3,(H,16,18). The molecule has 3 nitrogen and oxygen atoms in total. The van der Waals surface area contributed by atoms with Crippen molar-refractivity contribution in [3.63, 3.8) is 0 Å². The highest BCUT2D eigenvalue weighted by Gasteiger charge is 2.13. The van der Waals surface area contributed by atoms with Gasteiger partial charge >= 0.3 is 0 Å². The highest BCUT2D eigenvalue weighted by molar-refractivity contribution is 7.80. The smallest absolute Gasteiger partial charge is 0.251 e. The van der Waals surface area contributed by atoms with Gasteiger partial charge in [-0.25, -0.2) is 4.39 Å². The number of thiol groups is 1. The summed E-state index contributed by atoms with van der Waals surface area (Å²) in [5, 5.41) is 2.90. The van der Waals surface area contributed by atoms with E-state index in [0.717, 1.165) is 19.6 Å². The fraction of sp³-hybridized carbons (Fsp3) is 0.500. The maximum atomic E-state index is 13.1. The second-order valence-electron chi connectivity index (χ2n) is 4.53. The van der Waals surface area contributed by atoms with Crippen LogP contribution in [0.2, 0.25) is 0 Å². The molecule has 1 N–H and O–H groups in total. The molecule has 0 spiro atoms. The van der Waals surface area contributed by atoms with Crippen LogP contribution in [0, 0.1) is 5.82 Å². The first-order valence-electron chi connectivity index (χ1n) is 6.49. The Morgan fingerprint density at radius 2 is 2.05 bits per heavy atom. The van der Waals surface area contributed by atoms with Gasteiger partial charge in [-0.2, -0.15) is 0 Å². The molecule has 0 radical (unpaired) electrons. The second-order valence-corrected chi connectivity index (χ2v) is 5.01. The number of rotatable bonds is 6. The Morgan fingerprint density at radius 1 is 1.42 bits per heavy atom. The number of hydrogen-bond acceptors (Lipinski definition) is 3. The molecule has 1 atom stereocenters. The second kappa shape index (κ2) is 7.50. The van der Waals surface area contributed by atoms with E-state index in [-0.39, 0.29) is 16.8 Å². The van der Waals surface area contributed by atoms with E-state index in [1.165, 1.54) is 18.2 Å². The zero-order chi connectivity index (χ0) is 14.4. The van der Waals surface area contributed by atoms with Crippen LogP contribution in [0.5, 0.6) is 0 Å². The zero-order valence-electron chi connectivity index (χ0n) is 11.6. The molecule has 1 aromatic rings. The summed E-state index contributed by atoms with van der Waals surface area (Å²) in [5.74, 6) is -0.619. The first-order valence-corrected chi connectivity index (χ1v) is 6.94. The Balaban J connectivity index is 2.61. The van der Waals surface area contributed by atoms with Crippen LogP contribution in [0.25, 0.3) is 0 Å². The molecule has 0 saturated carbocycles. The van der Waals surface area contributed by atoms with E-state index in [4.69, 9.17) is 0 Å². The summed E-state index contributed by atoms with van der Waals surface area (Å²) in [4.78, 5) is 14.4. The van der Waals surface area contributed by atoms with Crippen LogP contribution in [0.1, 0.15) is 31.1 Å². The third kappa shape index (κ3) is 4.84. The molecule has 0 aliphatic carbocycles. The van der Waals surface area contributed by atoms with Gasteiger partial charge in [0.05, 0.1) is 0 Å². The molecule has 1 rings (SSSR count). The van der Waals surface area contributed by atoms with Crippen molar-refractivity contribution in [3.8, 4) is 0 Å². The molecule has 0 saturated heterocycles. The number of carbonyl (C=O) groups excluding carboxylic acids is 1. The van der Waals surface area contributed by atoms with Gasteiger partial charge in [0.1, 0.15) is 5.82 Å². The Labute approximate surface area is 119 Å². The van der Waals surface area contributed by atoms with Gasteiger partial charge in [-0.05, 0) is 38.2 Å². The first-order chi connectivity index (χ1) is 8.97. The number of benzene rings is 1. The minimum absolute atomic E-state index is 0.0424. The van der Waals surface area contributed by atoms with E-state index < -0.39 is 5.82 Å². The maximum Gasteiger partial charge on any atom is 0.251 e. The minimum Gasteiger partial charge on any atom is -0.348 e. The maximum absolute atomic E-state index is 13.1.